The Hall–Kier alpha value is -2.18. The first kappa shape index (κ1) is 20.6. The van der Waals surface area contributed by atoms with E-state index in [4.69, 9.17) is 0 Å². The third kappa shape index (κ3) is 4.80. The lowest BCUT2D eigenvalue weighted by molar-refractivity contribution is 0.0675. The predicted molar refractivity (Wildman–Crippen MR) is 109 cm³/mol. The van der Waals surface area contributed by atoms with E-state index >= 15 is 0 Å². The van der Waals surface area contributed by atoms with Gasteiger partial charge in [0.15, 0.2) is 0 Å². The average Bonchev–Trinajstić information content (AvgIpc) is 2.67. The third-order valence-corrected chi connectivity index (χ3v) is 6.66. The van der Waals surface area contributed by atoms with Gasteiger partial charge in [0.25, 0.3) is 16.0 Å². The van der Waals surface area contributed by atoms with Crippen molar-refractivity contribution in [1.82, 2.24) is 4.90 Å². The molecule has 1 aliphatic carbocycles. The van der Waals surface area contributed by atoms with Gasteiger partial charge in [-0.1, -0.05) is 35.9 Å². The summed E-state index contributed by atoms with van der Waals surface area (Å²) in [6, 6.07) is 14.5. The van der Waals surface area contributed by atoms with Crippen molar-refractivity contribution in [1.29, 1.82) is 0 Å². The molecule has 28 heavy (non-hydrogen) atoms. The molecule has 0 radical (unpaired) electrons. The molecule has 0 unspecified atom stereocenters. The van der Waals surface area contributed by atoms with Crippen LogP contribution in [-0.2, 0) is 16.5 Å². The topological polar surface area (TPSA) is 74.7 Å². The fourth-order valence-corrected chi connectivity index (χ4v) is 4.83. The Balaban J connectivity index is 1.64. The molecule has 0 bridgehead atoms. The molecular formula is C22H27NO4S. The molecule has 150 valence electrons. The van der Waals surface area contributed by atoms with Crippen LogP contribution in [0.3, 0.4) is 0 Å². The van der Waals surface area contributed by atoms with Crippen LogP contribution in [-0.4, -0.2) is 36.9 Å². The van der Waals surface area contributed by atoms with Crippen molar-refractivity contribution in [2.45, 2.75) is 50.0 Å². The summed E-state index contributed by atoms with van der Waals surface area (Å²) in [7, 11) is -2.36. The molecule has 1 amide bonds. The van der Waals surface area contributed by atoms with E-state index in [-0.39, 0.29) is 16.8 Å². The van der Waals surface area contributed by atoms with Crippen LogP contribution in [0.1, 0.15) is 47.2 Å². The molecule has 0 saturated heterocycles. The van der Waals surface area contributed by atoms with Gasteiger partial charge >= 0.3 is 0 Å². The molecule has 0 atom stereocenters. The molecule has 3 rings (SSSR count). The summed E-state index contributed by atoms with van der Waals surface area (Å²) in [5.41, 5.74) is 2.36. The predicted octanol–water partition coefficient (Wildman–Crippen LogP) is 4.12. The summed E-state index contributed by atoms with van der Waals surface area (Å²) in [5, 5.41) is 0. The van der Waals surface area contributed by atoms with Crippen LogP contribution >= 0.6 is 0 Å². The molecule has 0 spiro atoms. The van der Waals surface area contributed by atoms with Crippen LogP contribution in [0.4, 0.5) is 0 Å². The SMILES string of the molecule is Cc1ccc(S(=O)(=O)O)c(C[C@H]2CC[C@H](N(C)C(=O)c3ccccc3)CC2)c1. The molecule has 6 heteroatoms. The lowest BCUT2D eigenvalue weighted by Crippen LogP contribution is -2.39. The van der Waals surface area contributed by atoms with Crippen molar-refractivity contribution < 1.29 is 17.8 Å². The van der Waals surface area contributed by atoms with E-state index in [1.54, 1.807) is 6.07 Å². The minimum atomic E-state index is -4.22. The van der Waals surface area contributed by atoms with Gasteiger partial charge in [0.1, 0.15) is 0 Å². The van der Waals surface area contributed by atoms with Crippen molar-refractivity contribution in [2.24, 2.45) is 5.92 Å². The molecule has 0 aromatic heterocycles. The van der Waals surface area contributed by atoms with Crippen molar-refractivity contribution in [3.05, 3.63) is 65.2 Å². The highest BCUT2D eigenvalue weighted by atomic mass is 32.2. The van der Waals surface area contributed by atoms with Crippen LogP contribution in [0.2, 0.25) is 0 Å². The maximum atomic E-state index is 12.6. The first-order valence-corrected chi connectivity index (χ1v) is 11.1. The van der Waals surface area contributed by atoms with E-state index in [2.05, 4.69) is 0 Å². The number of nitrogens with zero attached hydrogens (tertiary/aromatic N) is 1. The van der Waals surface area contributed by atoms with E-state index in [1.165, 1.54) is 6.07 Å². The number of benzene rings is 2. The zero-order valence-electron chi connectivity index (χ0n) is 16.3. The van der Waals surface area contributed by atoms with Crippen molar-refractivity contribution in [2.75, 3.05) is 7.05 Å². The van der Waals surface area contributed by atoms with Gasteiger partial charge in [-0.25, -0.2) is 0 Å². The normalized spacial score (nSPS) is 20.0. The number of carbonyl (C=O) groups excluding carboxylic acids is 1. The first-order chi connectivity index (χ1) is 13.3. The lowest BCUT2D eigenvalue weighted by atomic mass is 9.81. The number of carbonyl (C=O) groups is 1. The van der Waals surface area contributed by atoms with Crippen LogP contribution in [0.25, 0.3) is 0 Å². The second-order valence-electron chi connectivity index (χ2n) is 7.75. The maximum absolute atomic E-state index is 12.6. The van der Waals surface area contributed by atoms with Crippen LogP contribution < -0.4 is 0 Å². The molecule has 0 aliphatic heterocycles. The van der Waals surface area contributed by atoms with Gasteiger partial charge in [0, 0.05) is 18.7 Å². The largest absolute Gasteiger partial charge is 0.339 e. The fraction of sp³-hybridized carbons (Fsp3) is 0.409. The first-order valence-electron chi connectivity index (χ1n) is 9.65. The van der Waals surface area contributed by atoms with Crippen LogP contribution in [0.5, 0.6) is 0 Å². The molecule has 5 nitrogen and oxygen atoms in total. The van der Waals surface area contributed by atoms with Gasteiger partial charge in [-0.15, -0.1) is 0 Å². The molecule has 1 aliphatic rings. The minimum absolute atomic E-state index is 0.0107. The van der Waals surface area contributed by atoms with Crippen molar-refractivity contribution in [3.8, 4) is 0 Å². The van der Waals surface area contributed by atoms with Gasteiger partial charge in [0.05, 0.1) is 4.90 Å². The molecule has 1 N–H and O–H groups in total. The smallest absolute Gasteiger partial charge is 0.294 e. The molecule has 2 aromatic carbocycles. The van der Waals surface area contributed by atoms with E-state index in [9.17, 15) is 17.8 Å². The van der Waals surface area contributed by atoms with Crippen LogP contribution in [0, 0.1) is 12.8 Å². The highest BCUT2D eigenvalue weighted by Gasteiger charge is 2.28. The summed E-state index contributed by atoms with van der Waals surface area (Å²) in [4.78, 5) is 14.5. The van der Waals surface area contributed by atoms with E-state index < -0.39 is 10.1 Å². The number of rotatable bonds is 5. The Labute approximate surface area is 167 Å². The second-order valence-corrected chi connectivity index (χ2v) is 9.14. The van der Waals surface area contributed by atoms with Gasteiger partial charge in [-0.3, -0.25) is 9.35 Å². The number of hydrogen-bond donors (Lipinski definition) is 1. The van der Waals surface area contributed by atoms with Gasteiger partial charge in [-0.05, 0) is 68.7 Å². The standard InChI is InChI=1S/C22H27NO4S/c1-16-8-13-21(28(25,26)27)19(14-16)15-17-9-11-20(12-10-17)23(2)22(24)18-6-4-3-5-7-18/h3-8,13-14,17,20H,9-12,15H2,1-2H3,(H,25,26,27)/t17-,20-. The highest BCUT2D eigenvalue weighted by Crippen LogP contribution is 2.32. The summed E-state index contributed by atoms with van der Waals surface area (Å²) >= 11 is 0. The zero-order chi connectivity index (χ0) is 20.3. The van der Waals surface area contributed by atoms with Crippen LogP contribution in [0.15, 0.2) is 53.4 Å². The Morgan fingerprint density at radius 1 is 1.07 bits per heavy atom. The molecule has 0 heterocycles. The van der Waals surface area contributed by atoms with Crippen molar-refractivity contribution >= 4 is 16.0 Å². The fourth-order valence-electron chi connectivity index (χ4n) is 4.12. The third-order valence-electron chi connectivity index (χ3n) is 5.71. The summed E-state index contributed by atoms with van der Waals surface area (Å²) in [6.07, 6.45) is 4.27. The average molecular weight is 402 g/mol. The molecule has 2 aromatic rings. The van der Waals surface area contributed by atoms with E-state index in [0.29, 0.717) is 23.5 Å². The minimum Gasteiger partial charge on any atom is -0.339 e. The Morgan fingerprint density at radius 3 is 2.32 bits per heavy atom. The molecule has 1 saturated carbocycles. The molecule has 1 fully saturated rings. The van der Waals surface area contributed by atoms with E-state index in [1.807, 2.05) is 55.3 Å². The van der Waals surface area contributed by atoms with Gasteiger partial charge in [-0.2, -0.15) is 8.42 Å². The highest BCUT2D eigenvalue weighted by molar-refractivity contribution is 7.85. The summed E-state index contributed by atoms with van der Waals surface area (Å²) in [6.45, 7) is 1.92. The number of aryl methyl sites for hydroxylation is 1. The Bertz CT molecular complexity index is 932. The monoisotopic (exact) mass is 401 g/mol. The van der Waals surface area contributed by atoms with Gasteiger partial charge < -0.3 is 4.90 Å². The lowest BCUT2D eigenvalue weighted by Gasteiger charge is -2.35. The number of amides is 1. The number of hydrogen-bond acceptors (Lipinski definition) is 3. The maximum Gasteiger partial charge on any atom is 0.294 e. The van der Waals surface area contributed by atoms with Gasteiger partial charge in [0.2, 0.25) is 0 Å². The summed E-state index contributed by atoms with van der Waals surface area (Å²) < 4.78 is 32.8. The van der Waals surface area contributed by atoms with Crippen molar-refractivity contribution in [3.63, 3.8) is 0 Å². The van der Waals surface area contributed by atoms with E-state index in [0.717, 1.165) is 31.2 Å². The summed E-state index contributed by atoms with van der Waals surface area (Å²) in [5.74, 6) is 0.384. The molecular weight excluding hydrogens is 374 g/mol. The second kappa shape index (κ2) is 8.45. The Kier molecular flexibility index (Phi) is 6.20. The Morgan fingerprint density at radius 2 is 1.71 bits per heavy atom. The zero-order valence-corrected chi connectivity index (χ0v) is 17.2. The quantitative estimate of drug-likeness (QED) is 0.765.